The number of nitrogens with one attached hydrogen (secondary N) is 2. The maximum Gasteiger partial charge on any atom is 0.315 e. The number of carboxylic acids is 1. The van der Waals surface area contributed by atoms with E-state index in [1.54, 1.807) is 0 Å². The molecular formula is C14H26N2O4. The molecule has 1 aliphatic rings. The topological polar surface area (TPSA) is 87.7 Å². The third-order valence-corrected chi connectivity index (χ3v) is 3.97. The highest BCUT2D eigenvalue weighted by molar-refractivity contribution is 5.74. The van der Waals surface area contributed by atoms with Crippen molar-refractivity contribution in [3.63, 3.8) is 0 Å². The molecule has 0 aromatic carbocycles. The molecule has 0 spiro atoms. The SMILES string of the molecule is CCC1(CC)CC(NC(=O)NCCCC(=O)O)CCO1. The Morgan fingerprint density at radius 1 is 1.35 bits per heavy atom. The van der Waals surface area contributed by atoms with Crippen molar-refractivity contribution in [3.05, 3.63) is 0 Å². The molecule has 6 nitrogen and oxygen atoms in total. The summed E-state index contributed by atoms with van der Waals surface area (Å²) in [6.45, 7) is 5.27. The normalized spacial score (nSPS) is 21.2. The fraction of sp³-hybridized carbons (Fsp3) is 0.857. The third-order valence-electron chi connectivity index (χ3n) is 3.97. The van der Waals surface area contributed by atoms with E-state index in [0.717, 1.165) is 25.7 Å². The molecule has 6 heteroatoms. The fourth-order valence-electron chi connectivity index (χ4n) is 2.57. The van der Waals surface area contributed by atoms with Gasteiger partial charge in [-0.15, -0.1) is 0 Å². The number of rotatable bonds is 7. The van der Waals surface area contributed by atoms with Crippen molar-refractivity contribution in [1.82, 2.24) is 10.6 Å². The van der Waals surface area contributed by atoms with Crippen LogP contribution in [-0.4, -0.2) is 41.9 Å². The van der Waals surface area contributed by atoms with Crippen LogP contribution in [0.3, 0.4) is 0 Å². The Labute approximate surface area is 120 Å². The maximum atomic E-state index is 11.7. The summed E-state index contributed by atoms with van der Waals surface area (Å²) in [5.41, 5.74) is -0.112. The Hall–Kier alpha value is -1.30. The number of carbonyl (C=O) groups excluding carboxylic acids is 1. The molecule has 3 N–H and O–H groups in total. The van der Waals surface area contributed by atoms with Gasteiger partial charge in [0.2, 0.25) is 0 Å². The number of hydrogen-bond donors (Lipinski definition) is 3. The molecule has 0 aromatic heterocycles. The summed E-state index contributed by atoms with van der Waals surface area (Å²) in [6.07, 6.45) is 4.08. The van der Waals surface area contributed by atoms with Crippen molar-refractivity contribution >= 4 is 12.0 Å². The van der Waals surface area contributed by atoms with Gasteiger partial charge in [-0.3, -0.25) is 4.79 Å². The highest BCUT2D eigenvalue weighted by Crippen LogP contribution is 2.31. The lowest BCUT2D eigenvalue weighted by atomic mass is 9.86. The average molecular weight is 286 g/mol. The van der Waals surface area contributed by atoms with Crippen molar-refractivity contribution in [1.29, 1.82) is 0 Å². The molecule has 0 radical (unpaired) electrons. The lowest BCUT2D eigenvalue weighted by molar-refractivity contribution is -0.137. The molecule has 1 saturated heterocycles. The van der Waals surface area contributed by atoms with E-state index in [1.807, 2.05) is 0 Å². The predicted octanol–water partition coefficient (Wildman–Crippen LogP) is 1.89. The van der Waals surface area contributed by atoms with Gasteiger partial charge >= 0.3 is 12.0 Å². The Morgan fingerprint density at radius 2 is 2.05 bits per heavy atom. The largest absolute Gasteiger partial charge is 0.481 e. The van der Waals surface area contributed by atoms with Crippen LogP contribution < -0.4 is 10.6 Å². The summed E-state index contributed by atoms with van der Waals surface area (Å²) in [7, 11) is 0. The molecule has 1 unspecified atom stereocenters. The van der Waals surface area contributed by atoms with E-state index in [9.17, 15) is 9.59 Å². The summed E-state index contributed by atoms with van der Waals surface area (Å²) < 4.78 is 5.86. The molecule has 0 aromatic rings. The van der Waals surface area contributed by atoms with Gasteiger partial charge in [0.15, 0.2) is 0 Å². The Bertz CT molecular complexity index is 329. The molecule has 20 heavy (non-hydrogen) atoms. The fourth-order valence-corrected chi connectivity index (χ4v) is 2.57. The predicted molar refractivity (Wildman–Crippen MR) is 75.7 cm³/mol. The number of ether oxygens (including phenoxy) is 1. The first-order valence-electron chi connectivity index (χ1n) is 7.41. The standard InChI is InChI=1S/C14H26N2O4/c1-3-14(4-2)10-11(7-9-20-14)16-13(19)15-8-5-6-12(17)18/h11H,3-10H2,1-2H3,(H,17,18)(H2,15,16,19). The average Bonchev–Trinajstić information content (AvgIpc) is 2.43. The minimum atomic E-state index is -0.840. The Balaban J connectivity index is 2.29. The first kappa shape index (κ1) is 16.8. The van der Waals surface area contributed by atoms with Gasteiger partial charge in [0, 0.05) is 25.6 Å². The molecule has 0 aliphatic carbocycles. The van der Waals surface area contributed by atoms with E-state index in [4.69, 9.17) is 9.84 Å². The zero-order valence-corrected chi connectivity index (χ0v) is 12.4. The number of urea groups is 1. The van der Waals surface area contributed by atoms with E-state index >= 15 is 0 Å². The van der Waals surface area contributed by atoms with E-state index in [0.29, 0.717) is 19.6 Å². The highest BCUT2D eigenvalue weighted by atomic mass is 16.5. The lowest BCUT2D eigenvalue weighted by Gasteiger charge is -2.40. The molecule has 1 atom stereocenters. The van der Waals surface area contributed by atoms with Crippen molar-refractivity contribution in [3.8, 4) is 0 Å². The number of amides is 2. The summed E-state index contributed by atoms with van der Waals surface area (Å²) in [6, 6.07) is -0.0912. The van der Waals surface area contributed by atoms with Crippen LogP contribution in [0.25, 0.3) is 0 Å². The van der Waals surface area contributed by atoms with Crippen LogP contribution in [0.1, 0.15) is 52.4 Å². The number of aliphatic carboxylic acids is 1. The van der Waals surface area contributed by atoms with Gasteiger partial charge in [-0.25, -0.2) is 4.79 Å². The van der Waals surface area contributed by atoms with Crippen LogP contribution in [-0.2, 0) is 9.53 Å². The molecule has 116 valence electrons. The number of carbonyl (C=O) groups is 2. The van der Waals surface area contributed by atoms with Crippen LogP contribution in [0.4, 0.5) is 4.79 Å². The minimum Gasteiger partial charge on any atom is -0.481 e. The Kier molecular flexibility index (Phi) is 6.78. The number of carboxylic acid groups (broad SMARTS) is 1. The molecule has 1 rings (SSSR count). The monoisotopic (exact) mass is 286 g/mol. The van der Waals surface area contributed by atoms with Gasteiger partial charge in [0.05, 0.1) is 5.60 Å². The summed E-state index contributed by atoms with van der Waals surface area (Å²) in [5, 5.41) is 14.2. The molecule has 1 aliphatic heterocycles. The second-order valence-electron chi connectivity index (χ2n) is 5.33. The van der Waals surface area contributed by atoms with Crippen LogP contribution in [0.15, 0.2) is 0 Å². The Morgan fingerprint density at radius 3 is 2.65 bits per heavy atom. The lowest BCUT2D eigenvalue weighted by Crippen LogP contribution is -2.50. The molecule has 0 saturated carbocycles. The van der Waals surface area contributed by atoms with Gasteiger partial charge in [0.25, 0.3) is 0 Å². The zero-order valence-electron chi connectivity index (χ0n) is 12.4. The summed E-state index contributed by atoms with van der Waals surface area (Å²) >= 11 is 0. The highest BCUT2D eigenvalue weighted by Gasteiger charge is 2.34. The third kappa shape index (κ3) is 5.36. The summed E-state index contributed by atoms with van der Waals surface area (Å²) in [5.74, 6) is -0.840. The second kappa shape index (κ2) is 8.09. The second-order valence-corrected chi connectivity index (χ2v) is 5.33. The first-order chi connectivity index (χ1) is 9.51. The van der Waals surface area contributed by atoms with Gasteiger partial charge in [-0.1, -0.05) is 13.8 Å². The molecule has 1 fully saturated rings. The maximum absolute atomic E-state index is 11.7. The van der Waals surface area contributed by atoms with E-state index in [1.165, 1.54) is 0 Å². The number of hydrogen-bond acceptors (Lipinski definition) is 3. The van der Waals surface area contributed by atoms with Gasteiger partial charge < -0.3 is 20.5 Å². The van der Waals surface area contributed by atoms with Crippen molar-refractivity contribution in [2.24, 2.45) is 0 Å². The van der Waals surface area contributed by atoms with Crippen molar-refractivity contribution in [2.75, 3.05) is 13.2 Å². The van der Waals surface area contributed by atoms with Gasteiger partial charge in [-0.05, 0) is 32.1 Å². The van der Waals surface area contributed by atoms with Crippen molar-refractivity contribution in [2.45, 2.75) is 64.0 Å². The quantitative estimate of drug-likeness (QED) is 0.624. The smallest absolute Gasteiger partial charge is 0.315 e. The van der Waals surface area contributed by atoms with E-state index in [-0.39, 0.29) is 24.1 Å². The van der Waals surface area contributed by atoms with Crippen LogP contribution >= 0.6 is 0 Å². The van der Waals surface area contributed by atoms with Gasteiger partial charge in [-0.2, -0.15) is 0 Å². The van der Waals surface area contributed by atoms with Crippen molar-refractivity contribution < 1.29 is 19.4 Å². The van der Waals surface area contributed by atoms with Crippen LogP contribution in [0.2, 0.25) is 0 Å². The molecular weight excluding hydrogens is 260 g/mol. The van der Waals surface area contributed by atoms with Gasteiger partial charge in [0.1, 0.15) is 0 Å². The first-order valence-corrected chi connectivity index (χ1v) is 7.41. The molecule has 2 amide bonds. The van der Waals surface area contributed by atoms with Crippen LogP contribution in [0.5, 0.6) is 0 Å². The molecule has 0 bridgehead atoms. The minimum absolute atomic E-state index is 0.0757. The van der Waals surface area contributed by atoms with Crippen LogP contribution in [0, 0.1) is 0 Å². The van der Waals surface area contributed by atoms with E-state index < -0.39 is 5.97 Å². The van der Waals surface area contributed by atoms with E-state index in [2.05, 4.69) is 24.5 Å². The summed E-state index contributed by atoms with van der Waals surface area (Å²) in [4.78, 5) is 22.1. The zero-order chi connectivity index (χ0) is 15.0. The molecule has 1 heterocycles.